The van der Waals surface area contributed by atoms with E-state index in [1.54, 1.807) is 0 Å². The zero-order valence-electron chi connectivity index (χ0n) is 15.8. The van der Waals surface area contributed by atoms with Crippen LogP contribution in [0.2, 0.25) is 0 Å². The second-order valence-electron chi connectivity index (χ2n) is 7.47. The first-order chi connectivity index (χ1) is 13.4. The SMILES string of the molecule is O=C(CC[C@H]1CCCN(C2CSCCSC2)C1)Nc1ccc(C(F)(F)F)cc1. The lowest BCUT2D eigenvalue weighted by Gasteiger charge is -2.37. The summed E-state index contributed by atoms with van der Waals surface area (Å²) in [4.78, 5) is 14.8. The van der Waals surface area contributed by atoms with Crippen molar-refractivity contribution in [1.82, 2.24) is 4.90 Å². The number of rotatable bonds is 5. The number of carbonyl (C=O) groups is 1. The molecule has 2 fully saturated rings. The smallest absolute Gasteiger partial charge is 0.326 e. The molecule has 0 aromatic heterocycles. The van der Waals surface area contributed by atoms with Gasteiger partial charge in [-0.15, -0.1) is 0 Å². The van der Waals surface area contributed by atoms with Crippen LogP contribution in [0.15, 0.2) is 24.3 Å². The highest BCUT2D eigenvalue weighted by Crippen LogP contribution is 2.30. The summed E-state index contributed by atoms with van der Waals surface area (Å²) < 4.78 is 37.8. The summed E-state index contributed by atoms with van der Waals surface area (Å²) >= 11 is 4.09. The number of nitrogens with zero attached hydrogens (tertiary/aromatic N) is 1. The van der Waals surface area contributed by atoms with Gasteiger partial charge in [0.15, 0.2) is 0 Å². The molecule has 1 amide bonds. The molecule has 0 unspecified atom stereocenters. The molecule has 0 radical (unpaired) electrons. The molecule has 0 bridgehead atoms. The van der Waals surface area contributed by atoms with Crippen molar-refractivity contribution in [3.05, 3.63) is 29.8 Å². The van der Waals surface area contributed by atoms with E-state index in [0.29, 0.717) is 24.1 Å². The maximum absolute atomic E-state index is 12.6. The number of halogens is 3. The van der Waals surface area contributed by atoms with E-state index in [4.69, 9.17) is 0 Å². The number of anilines is 1. The number of hydrogen-bond acceptors (Lipinski definition) is 4. The molecule has 2 aliphatic heterocycles. The number of nitrogens with one attached hydrogen (secondary N) is 1. The molecule has 28 heavy (non-hydrogen) atoms. The Balaban J connectivity index is 1.43. The standard InChI is InChI=1S/C20H27F3N2OS2/c21-20(22,23)16-4-6-17(7-5-16)24-19(26)8-3-15-2-1-9-25(12-15)18-13-27-10-11-28-14-18/h4-7,15,18H,1-3,8-14H2,(H,24,26)/t15-/m1/s1. The topological polar surface area (TPSA) is 32.3 Å². The largest absolute Gasteiger partial charge is 0.416 e. The fraction of sp³-hybridized carbons (Fsp3) is 0.650. The summed E-state index contributed by atoms with van der Waals surface area (Å²) in [6.45, 7) is 2.21. The lowest BCUT2D eigenvalue weighted by Crippen LogP contribution is -2.45. The molecule has 2 heterocycles. The van der Waals surface area contributed by atoms with E-state index in [1.807, 2.05) is 23.5 Å². The molecule has 0 saturated carbocycles. The van der Waals surface area contributed by atoms with E-state index in [0.717, 1.165) is 38.1 Å². The number of alkyl halides is 3. The molecule has 1 aromatic carbocycles. The number of carbonyl (C=O) groups excluding carboxylic acids is 1. The third kappa shape index (κ3) is 6.59. The van der Waals surface area contributed by atoms with Crippen molar-refractivity contribution in [1.29, 1.82) is 0 Å². The van der Waals surface area contributed by atoms with Crippen LogP contribution in [0.3, 0.4) is 0 Å². The first-order valence-corrected chi connectivity index (χ1v) is 12.1. The van der Waals surface area contributed by atoms with Gasteiger partial charge in [0.05, 0.1) is 5.56 Å². The molecule has 1 atom stereocenters. The predicted molar refractivity (Wildman–Crippen MR) is 112 cm³/mol. The maximum atomic E-state index is 12.6. The Bertz CT molecular complexity index is 631. The van der Waals surface area contributed by atoms with E-state index in [9.17, 15) is 18.0 Å². The molecular formula is C20H27F3N2OS2. The number of amides is 1. The summed E-state index contributed by atoms with van der Waals surface area (Å²) in [7, 11) is 0. The van der Waals surface area contributed by atoms with Gasteiger partial charge < -0.3 is 5.32 Å². The lowest BCUT2D eigenvalue weighted by molar-refractivity contribution is -0.137. The van der Waals surface area contributed by atoms with Gasteiger partial charge in [0.25, 0.3) is 0 Å². The molecule has 3 nitrogen and oxygen atoms in total. The van der Waals surface area contributed by atoms with Crippen molar-refractivity contribution in [2.45, 2.75) is 37.9 Å². The summed E-state index contributed by atoms with van der Waals surface area (Å²) in [6, 6.07) is 5.25. The molecule has 2 aliphatic rings. The van der Waals surface area contributed by atoms with Crippen LogP contribution in [0.25, 0.3) is 0 Å². The van der Waals surface area contributed by atoms with Crippen LogP contribution in [-0.2, 0) is 11.0 Å². The van der Waals surface area contributed by atoms with Gasteiger partial charge >= 0.3 is 6.18 Å². The Hall–Kier alpha value is -0.860. The van der Waals surface area contributed by atoms with Crippen molar-refractivity contribution in [3.63, 3.8) is 0 Å². The summed E-state index contributed by atoms with van der Waals surface area (Å²) in [5, 5.41) is 2.72. The van der Waals surface area contributed by atoms with Crippen molar-refractivity contribution in [3.8, 4) is 0 Å². The Labute approximate surface area is 173 Å². The van der Waals surface area contributed by atoms with Gasteiger partial charge in [-0.1, -0.05) is 0 Å². The lowest BCUT2D eigenvalue weighted by atomic mass is 9.92. The third-order valence-corrected chi connectivity index (χ3v) is 7.82. The third-order valence-electron chi connectivity index (χ3n) is 5.33. The predicted octanol–water partition coefficient (Wildman–Crippen LogP) is 4.98. The van der Waals surface area contributed by atoms with Crippen molar-refractivity contribution >= 4 is 35.1 Å². The maximum Gasteiger partial charge on any atom is 0.416 e. The Kier molecular flexibility index (Phi) is 8.00. The van der Waals surface area contributed by atoms with Crippen LogP contribution >= 0.6 is 23.5 Å². The van der Waals surface area contributed by atoms with Crippen LogP contribution in [-0.4, -0.2) is 52.9 Å². The quantitative estimate of drug-likeness (QED) is 0.711. The number of hydrogen-bond donors (Lipinski definition) is 1. The van der Waals surface area contributed by atoms with Crippen molar-refractivity contribution < 1.29 is 18.0 Å². The average molecular weight is 433 g/mol. The highest BCUT2D eigenvalue weighted by atomic mass is 32.2. The first-order valence-electron chi connectivity index (χ1n) is 9.78. The Morgan fingerprint density at radius 1 is 1.14 bits per heavy atom. The fourth-order valence-electron chi connectivity index (χ4n) is 3.78. The van der Waals surface area contributed by atoms with Crippen LogP contribution < -0.4 is 5.32 Å². The Morgan fingerprint density at radius 2 is 1.82 bits per heavy atom. The van der Waals surface area contributed by atoms with Gasteiger partial charge in [0.2, 0.25) is 5.91 Å². The van der Waals surface area contributed by atoms with Crippen LogP contribution in [0.5, 0.6) is 0 Å². The molecule has 156 valence electrons. The van der Waals surface area contributed by atoms with Gasteiger partial charge in [0.1, 0.15) is 0 Å². The highest BCUT2D eigenvalue weighted by Gasteiger charge is 2.30. The number of piperidine rings is 1. The minimum Gasteiger partial charge on any atom is -0.326 e. The fourth-order valence-corrected chi connectivity index (χ4v) is 6.41. The zero-order chi connectivity index (χ0) is 20.0. The molecule has 1 aromatic rings. The van der Waals surface area contributed by atoms with Gasteiger partial charge in [-0.2, -0.15) is 36.7 Å². The van der Waals surface area contributed by atoms with Crippen LogP contribution in [0, 0.1) is 5.92 Å². The number of benzene rings is 1. The monoisotopic (exact) mass is 432 g/mol. The summed E-state index contributed by atoms with van der Waals surface area (Å²) in [5.41, 5.74) is -0.293. The highest BCUT2D eigenvalue weighted by molar-refractivity contribution is 8.03. The minimum absolute atomic E-state index is 0.127. The normalized spacial score (nSPS) is 22.6. The van der Waals surface area contributed by atoms with Crippen molar-refractivity contribution in [2.24, 2.45) is 5.92 Å². The zero-order valence-corrected chi connectivity index (χ0v) is 17.5. The van der Waals surface area contributed by atoms with Crippen LogP contribution in [0.1, 0.15) is 31.2 Å². The van der Waals surface area contributed by atoms with Crippen molar-refractivity contribution in [2.75, 3.05) is 41.4 Å². The minimum atomic E-state index is -4.36. The number of thioether (sulfide) groups is 2. The van der Waals surface area contributed by atoms with E-state index in [2.05, 4.69) is 10.2 Å². The second-order valence-corrected chi connectivity index (χ2v) is 9.77. The van der Waals surface area contributed by atoms with E-state index in [-0.39, 0.29) is 5.91 Å². The molecule has 1 N–H and O–H groups in total. The van der Waals surface area contributed by atoms with Gasteiger partial charge in [-0.3, -0.25) is 9.69 Å². The first kappa shape index (κ1) is 21.8. The molecule has 0 spiro atoms. The van der Waals surface area contributed by atoms with Crippen LogP contribution in [0.4, 0.5) is 18.9 Å². The van der Waals surface area contributed by atoms with E-state index < -0.39 is 11.7 Å². The van der Waals surface area contributed by atoms with E-state index >= 15 is 0 Å². The van der Waals surface area contributed by atoms with E-state index in [1.165, 1.54) is 41.6 Å². The average Bonchev–Trinajstić information content (AvgIpc) is 2.96. The molecule has 0 aliphatic carbocycles. The molecule has 2 saturated heterocycles. The van der Waals surface area contributed by atoms with Gasteiger partial charge in [-0.05, 0) is 56.0 Å². The van der Waals surface area contributed by atoms with Gasteiger partial charge in [0, 0.05) is 47.7 Å². The summed E-state index contributed by atoms with van der Waals surface area (Å²) in [5.74, 6) is 5.27. The second kappa shape index (κ2) is 10.3. The molecule has 3 rings (SSSR count). The number of likely N-dealkylation sites (tertiary alicyclic amines) is 1. The Morgan fingerprint density at radius 3 is 2.46 bits per heavy atom. The summed E-state index contributed by atoms with van der Waals surface area (Å²) in [6.07, 6.45) is -0.790. The molecule has 8 heteroatoms. The molecular weight excluding hydrogens is 405 g/mol. The van der Waals surface area contributed by atoms with Gasteiger partial charge in [-0.25, -0.2) is 0 Å².